The summed E-state index contributed by atoms with van der Waals surface area (Å²) in [6.45, 7) is 6.29. The Morgan fingerprint density at radius 1 is 1.20 bits per heavy atom. The maximum absolute atomic E-state index is 13.0. The van der Waals surface area contributed by atoms with Crippen molar-refractivity contribution in [3.05, 3.63) is 64.7 Å². The van der Waals surface area contributed by atoms with Gasteiger partial charge in [0, 0.05) is 30.6 Å². The normalized spacial score (nSPS) is 11.7. The number of nitrogens with zero attached hydrogens (tertiary/aromatic N) is 3. The Balaban J connectivity index is 0.00000342. The molecule has 0 saturated heterocycles. The lowest BCUT2D eigenvalue weighted by atomic mass is 9.99. The minimum atomic E-state index is -0.592. The van der Waals surface area contributed by atoms with Crippen LogP contribution in [-0.4, -0.2) is 45.9 Å². The Labute approximate surface area is 204 Å². The van der Waals surface area contributed by atoms with E-state index >= 15 is 0 Å². The number of aryl methyl sites for hydroxylation is 1. The van der Waals surface area contributed by atoms with Crippen LogP contribution in [0.15, 0.2) is 53.5 Å². The molecule has 0 aliphatic carbocycles. The van der Waals surface area contributed by atoms with E-state index in [0.717, 1.165) is 28.1 Å². The molecule has 1 aromatic carbocycles. The number of nitrogens with one attached hydrogen (secondary N) is 2. The fraction of sp³-hybridized carbons (Fsp3) is 0.308. The highest BCUT2D eigenvalue weighted by atomic mass is 16.5. The molecule has 0 bridgehead atoms. The summed E-state index contributed by atoms with van der Waals surface area (Å²) in [5.74, 6) is 0.266. The van der Waals surface area contributed by atoms with Crippen LogP contribution in [0.2, 0.25) is 0 Å². The standard InChI is InChI=1S/C25H27N5O4.CH4/c1-5-34-25(32)29-24-27-21-12-18(11-19(23(21)28-24)20-8-6-7-9-26-20)17-10-15(2)30(22(31)13-17)16(3)14-33-4;/h6-13,16H,5,14H2,1-4H3,(H2,27,28,29,32);1H4/t16-;/m0./s1. The predicted octanol–water partition coefficient (Wildman–Crippen LogP) is 5.17. The Bertz CT molecular complexity index is 1380. The van der Waals surface area contributed by atoms with Crippen molar-refractivity contribution in [1.29, 1.82) is 0 Å². The minimum absolute atomic E-state index is 0. The van der Waals surface area contributed by atoms with Crippen molar-refractivity contribution < 1.29 is 14.3 Å². The van der Waals surface area contributed by atoms with Gasteiger partial charge in [0.15, 0.2) is 0 Å². The van der Waals surface area contributed by atoms with Gasteiger partial charge >= 0.3 is 6.09 Å². The number of imidazole rings is 1. The molecule has 0 saturated carbocycles. The highest BCUT2D eigenvalue weighted by molar-refractivity contribution is 5.97. The molecule has 1 amide bonds. The molecule has 0 fully saturated rings. The van der Waals surface area contributed by atoms with E-state index in [4.69, 9.17) is 9.47 Å². The van der Waals surface area contributed by atoms with Crippen LogP contribution in [0, 0.1) is 6.92 Å². The molecule has 9 heteroatoms. The van der Waals surface area contributed by atoms with Crippen molar-refractivity contribution in [1.82, 2.24) is 19.5 Å². The van der Waals surface area contributed by atoms with Gasteiger partial charge in [0.1, 0.15) is 0 Å². The van der Waals surface area contributed by atoms with Gasteiger partial charge in [-0.15, -0.1) is 0 Å². The zero-order chi connectivity index (χ0) is 24.2. The number of carbonyl (C=O) groups is 1. The average Bonchev–Trinajstić information content (AvgIpc) is 3.21. The monoisotopic (exact) mass is 477 g/mol. The average molecular weight is 478 g/mol. The van der Waals surface area contributed by atoms with Crippen molar-refractivity contribution >= 4 is 23.1 Å². The second kappa shape index (κ2) is 11.0. The van der Waals surface area contributed by atoms with Crippen molar-refractivity contribution in [2.24, 2.45) is 0 Å². The Morgan fingerprint density at radius 2 is 1.97 bits per heavy atom. The molecule has 0 aliphatic rings. The summed E-state index contributed by atoms with van der Waals surface area (Å²) in [5, 5.41) is 2.61. The van der Waals surface area contributed by atoms with Gasteiger partial charge in [-0.25, -0.2) is 9.78 Å². The molecule has 4 rings (SSSR count). The molecule has 3 aromatic heterocycles. The Kier molecular flexibility index (Phi) is 8.03. The summed E-state index contributed by atoms with van der Waals surface area (Å²) in [5.41, 5.74) is 5.17. The fourth-order valence-electron chi connectivity index (χ4n) is 4.08. The van der Waals surface area contributed by atoms with Crippen LogP contribution in [-0.2, 0) is 9.47 Å². The number of fused-ring (bicyclic) bond motifs is 1. The molecule has 35 heavy (non-hydrogen) atoms. The van der Waals surface area contributed by atoms with Gasteiger partial charge in [-0.05, 0) is 62.2 Å². The quantitative estimate of drug-likeness (QED) is 0.380. The van der Waals surface area contributed by atoms with Gasteiger partial charge in [-0.3, -0.25) is 15.1 Å². The number of pyridine rings is 2. The molecule has 0 spiro atoms. The number of ether oxygens (including phenoxy) is 2. The van der Waals surface area contributed by atoms with E-state index in [9.17, 15) is 9.59 Å². The molecular formula is C26H31N5O4. The van der Waals surface area contributed by atoms with E-state index in [1.165, 1.54) is 0 Å². The number of carbonyl (C=O) groups excluding carboxylic acids is 1. The number of amides is 1. The zero-order valence-corrected chi connectivity index (χ0v) is 19.6. The van der Waals surface area contributed by atoms with E-state index in [-0.39, 0.29) is 31.6 Å². The van der Waals surface area contributed by atoms with Crippen LogP contribution >= 0.6 is 0 Å². The first kappa shape index (κ1) is 25.6. The minimum Gasteiger partial charge on any atom is -0.450 e. The summed E-state index contributed by atoms with van der Waals surface area (Å²) in [4.78, 5) is 37.0. The van der Waals surface area contributed by atoms with Crippen LogP contribution < -0.4 is 10.9 Å². The van der Waals surface area contributed by atoms with Gasteiger partial charge in [0.2, 0.25) is 5.95 Å². The maximum Gasteiger partial charge on any atom is 0.413 e. The number of rotatable bonds is 7. The highest BCUT2D eigenvalue weighted by Gasteiger charge is 2.17. The van der Waals surface area contributed by atoms with Crippen molar-refractivity contribution in [3.63, 3.8) is 0 Å². The third kappa shape index (κ3) is 5.41. The van der Waals surface area contributed by atoms with Crippen LogP contribution in [0.1, 0.15) is 33.0 Å². The number of H-pyrrole nitrogens is 1. The van der Waals surface area contributed by atoms with E-state index in [0.29, 0.717) is 17.6 Å². The number of hydrogen-bond acceptors (Lipinski definition) is 6. The smallest absolute Gasteiger partial charge is 0.413 e. The molecular weight excluding hydrogens is 446 g/mol. The number of anilines is 1. The van der Waals surface area contributed by atoms with E-state index in [1.807, 2.05) is 50.2 Å². The van der Waals surface area contributed by atoms with Gasteiger partial charge in [-0.2, -0.15) is 0 Å². The lowest BCUT2D eigenvalue weighted by Gasteiger charge is -2.18. The number of benzene rings is 1. The van der Waals surface area contributed by atoms with Gasteiger partial charge in [-0.1, -0.05) is 13.5 Å². The molecule has 0 aliphatic heterocycles. The van der Waals surface area contributed by atoms with Gasteiger partial charge in [0.05, 0.1) is 36.0 Å². The first-order valence-corrected chi connectivity index (χ1v) is 11.0. The second-order valence-electron chi connectivity index (χ2n) is 7.96. The summed E-state index contributed by atoms with van der Waals surface area (Å²) < 4.78 is 11.9. The summed E-state index contributed by atoms with van der Waals surface area (Å²) in [7, 11) is 1.62. The molecule has 0 unspecified atom stereocenters. The topological polar surface area (TPSA) is 111 Å². The molecule has 9 nitrogen and oxygen atoms in total. The molecule has 0 radical (unpaired) electrons. The van der Waals surface area contributed by atoms with Gasteiger partial charge in [0.25, 0.3) is 5.56 Å². The number of aromatic nitrogens is 4. The SMILES string of the molecule is C.CCOC(=O)Nc1nc2c(-c3ccccn3)cc(-c3cc(C)n([C@@H](C)COC)c(=O)c3)cc2[nH]1. The number of aromatic amines is 1. The van der Waals surface area contributed by atoms with E-state index < -0.39 is 6.09 Å². The summed E-state index contributed by atoms with van der Waals surface area (Å²) >= 11 is 0. The molecule has 184 valence electrons. The van der Waals surface area contributed by atoms with Crippen LogP contribution in [0.4, 0.5) is 10.7 Å². The largest absolute Gasteiger partial charge is 0.450 e. The molecule has 4 aromatic rings. The Hall–Kier alpha value is -3.98. The number of hydrogen-bond donors (Lipinski definition) is 2. The van der Waals surface area contributed by atoms with Crippen molar-refractivity contribution in [2.75, 3.05) is 25.6 Å². The fourth-order valence-corrected chi connectivity index (χ4v) is 4.08. The van der Waals surface area contributed by atoms with E-state index in [2.05, 4.69) is 20.3 Å². The van der Waals surface area contributed by atoms with Crippen molar-refractivity contribution in [3.8, 4) is 22.4 Å². The molecule has 3 heterocycles. The third-order valence-electron chi connectivity index (χ3n) is 5.47. The van der Waals surface area contributed by atoms with E-state index in [1.54, 1.807) is 30.9 Å². The van der Waals surface area contributed by atoms with Crippen LogP contribution in [0.25, 0.3) is 33.4 Å². The molecule has 2 N–H and O–H groups in total. The van der Waals surface area contributed by atoms with Crippen molar-refractivity contribution in [2.45, 2.75) is 34.2 Å². The second-order valence-corrected chi connectivity index (χ2v) is 7.96. The predicted molar refractivity (Wildman–Crippen MR) is 138 cm³/mol. The first-order valence-electron chi connectivity index (χ1n) is 11.0. The molecule has 1 atom stereocenters. The number of methoxy groups -OCH3 is 1. The lowest BCUT2D eigenvalue weighted by Crippen LogP contribution is -2.27. The summed E-state index contributed by atoms with van der Waals surface area (Å²) in [6.07, 6.45) is 1.12. The van der Waals surface area contributed by atoms with Crippen LogP contribution in [0.5, 0.6) is 0 Å². The van der Waals surface area contributed by atoms with Crippen LogP contribution in [0.3, 0.4) is 0 Å². The van der Waals surface area contributed by atoms with Gasteiger partial charge < -0.3 is 19.0 Å². The summed E-state index contributed by atoms with van der Waals surface area (Å²) in [6, 6.07) is 13.0. The third-order valence-corrected chi connectivity index (χ3v) is 5.47. The lowest BCUT2D eigenvalue weighted by molar-refractivity contribution is 0.160. The highest BCUT2D eigenvalue weighted by Crippen LogP contribution is 2.33. The first-order chi connectivity index (χ1) is 16.4. The Morgan fingerprint density at radius 3 is 2.63 bits per heavy atom. The maximum atomic E-state index is 13.0. The zero-order valence-electron chi connectivity index (χ0n) is 19.6.